The van der Waals surface area contributed by atoms with Crippen molar-refractivity contribution in [1.29, 1.82) is 0 Å². The zero-order valence-electron chi connectivity index (χ0n) is 8.10. The molecule has 0 radical (unpaired) electrons. The third kappa shape index (κ3) is 1.77. The molecule has 1 N–H and O–H groups in total. The van der Waals surface area contributed by atoms with Crippen molar-refractivity contribution in [3.63, 3.8) is 0 Å². The average Bonchev–Trinajstić information content (AvgIpc) is 2.71. The number of aliphatic hydroxyl groups is 1. The van der Waals surface area contributed by atoms with Crippen LogP contribution in [0.1, 0.15) is 23.8 Å². The summed E-state index contributed by atoms with van der Waals surface area (Å²) in [5.74, 6) is 0.626. The van der Waals surface area contributed by atoms with E-state index in [1.54, 1.807) is 6.20 Å². The van der Waals surface area contributed by atoms with Crippen molar-refractivity contribution in [3.8, 4) is 0 Å². The minimum absolute atomic E-state index is 0.626. The van der Waals surface area contributed by atoms with Gasteiger partial charge in [-0.1, -0.05) is 6.07 Å². The summed E-state index contributed by atoms with van der Waals surface area (Å²) in [7, 11) is 0. The summed E-state index contributed by atoms with van der Waals surface area (Å²) in [5.41, 5.74) is 1.73. The zero-order valence-corrected chi connectivity index (χ0v) is 8.10. The third-order valence-electron chi connectivity index (χ3n) is 2.22. The summed E-state index contributed by atoms with van der Waals surface area (Å²) in [6, 6.07) is 3.75. The molecule has 0 bridgehead atoms. The Bertz CT molecular complexity index is 343. The van der Waals surface area contributed by atoms with E-state index in [9.17, 15) is 5.11 Å². The molecule has 0 fully saturated rings. The fourth-order valence-electron chi connectivity index (χ4n) is 1.41. The quantitative estimate of drug-likeness (QED) is 0.774. The van der Waals surface area contributed by atoms with Gasteiger partial charge in [0.25, 0.3) is 0 Å². The molecule has 1 aliphatic rings. The molecule has 0 amide bonds. The van der Waals surface area contributed by atoms with Gasteiger partial charge in [-0.05, 0) is 24.6 Å². The van der Waals surface area contributed by atoms with Gasteiger partial charge in [-0.3, -0.25) is 4.98 Å². The first kappa shape index (κ1) is 9.21. The summed E-state index contributed by atoms with van der Waals surface area (Å²) in [4.78, 5) is 4.15. The van der Waals surface area contributed by atoms with Gasteiger partial charge in [0.05, 0.1) is 12.3 Å². The lowest BCUT2D eigenvalue weighted by molar-refractivity contribution is 0.116. The van der Waals surface area contributed by atoms with Gasteiger partial charge in [-0.25, -0.2) is 0 Å². The van der Waals surface area contributed by atoms with E-state index in [0.29, 0.717) is 18.1 Å². The molecular formula is C11H13NO2. The Morgan fingerprint density at radius 3 is 2.93 bits per heavy atom. The molecule has 74 valence electrons. The summed E-state index contributed by atoms with van der Waals surface area (Å²) in [6.07, 6.45) is 3.82. The summed E-state index contributed by atoms with van der Waals surface area (Å²) >= 11 is 0. The van der Waals surface area contributed by atoms with Gasteiger partial charge in [0, 0.05) is 12.6 Å². The molecular weight excluding hydrogens is 178 g/mol. The maximum atomic E-state index is 9.86. The number of aryl methyl sites for hydroxylation is 1. The molecule has 1 aromatic heterocycles. The molecule has 1 aromatic rings. The van der Waals surface area contributed by atoms with Crippen LogP contribution in [0.3, 0.4) is 0 Å². The Morgan fingerprint density at radius 1 is 1.50 bits per heavy atom. The highest BCUT2D eigenvalue weighted by Crippen LogP contribution is 2.24. The SMILES string of the molecule is Cc1ccc(C(O)C2=CCCO2)nc1. The molecule has 0 saturated heterocycles. The lowest BCUT2D eigenvalue weighted by Crippen LogP contribution is -2.04. The number of rotatable bonds is 2. The first-order valence-corrected chi connectivity index (χ1v) is 4.71. The van der Waals surface area contributed by atoms with E-state index in [-0.39, 0.29) is 0 Å². The lowest BCUT2D eigenvalue weighted by atomic mass is 10.1. The third-order valence-corrected chi connectivity index (χ3v) is 2.22. The Hall–Kier alpha value is -1.35. The van der Waals surface area contributed by atoms with Crippen LogP contribution in [0.25, 0.3) is 0 Å². The molecule has 0 saturated carbocycles. The van der Waals surface area contributed by atoms with Gasteiger partial charge in [-0.2, -0.15) is 0 Å². The van der Waals surface area contributed by atoms with Crippen LogP contribution < -0.4 is 0 Å². The molecule has 2 heterocycles. The van der Waals surface area contributed by atoms with Crippen molar-refractivity contribution in [1.82, 2.24) is 4.98 Å². The minimum atomic E-state index is -0.710. The van der Waals surface area contributed by atoms with E-state index < -0.39 is 6.10 Å². The van der Waals surface area contributed by atoms with E-state index in [1.807, 2.05) is 25.1 Å². The van der Waals surface area contributed by atoms with Gasteiger partial charge in [0.1, 0.15) is 5.76 Å². The largest absolute Gasteiger partial charge is 0.495 e. The van der Waals surface area contributed by atoms with Gasteiger partial charge in [0.15, 0.2) is 6.10 Å². The van der Waals surface area contributed by atoms with E-state index in [0.717, 1.165) is 12.0 Å². The second kappa shape index (κ2) is 3.80. The van der Waals surface area contributed by atoms with E-state index in [2.05, 4.69) is 4.98 Å². The summed E-state index contributed by atoms with van der Waals surface area (Å²) in [5, 5.41) is 9.86. The van der Waals surface area contributed by atoms with Crippen molar-refractivity contribution in [2.24, 2.45) is 0 Å². The van der Waals surface area contributed by atoms with Crippen LogP contribution in [0.4, 0.5) is 0 Å². The summed E-state index contributed by atoms with van der Waals surface area (Å²) in [6.45, 7) is 2.63. The van der Waals surface area contributed by atoms with Crippen LogP contribution in [0, 0.1) is 6.92 Å². The molecule has 14 heavy (non-hydrogen) atoms. The predicted octanol–water partition coefficient (Wildman–Crippen LogP) is 1.73. The van der Waals surface area contributed by atoms with Crippen LogP contribution in [-0.4, -0.2) is 16.7 Å². The molecule has 0 aliphatic carbocycles. The van der Waals surface area contributed by atoms with Crippen LogP contribution in [-0.2, 0) is 4.74 Å². The minimum Gasteiger partial charge on any atom is -0.495 e. The topological polar surface area (TPSA) is 42.4 Å². The van der Waals surface area contributed by atoms with Crippen LogP contribution in [0.2, 0.25) is 0 Å². The van der Waals surface area contributed by atoms with Crippen molar-refractivity contribution < 1.29 is 9.84 Å². The number of hydrogen-bond donors (Lipinski definition) is 1. The smallest absolute Gasteiger partial charge is 0.152 e. The lowest BCUT2D eigenvalue weighted by Gasteiger charge is -2.11. The highest BCUT2D eigenvalue weighted by atomic mass is 16.5. The molecule has 3 nitrogen and oxygen atoms in total. The molecule has 1 atom stereocenters. The van der Waals surface area contributed by atoms with Crippen LogP contribution in [0.15, 0.2) is 30.2 Å². The summed E-state index contributed by atoms with van der Waals surface area (Å²) < 4.78 is 5.27. The van der Waals surface area contributed by atoms with Gasteiger partial charge < -0.3 is 9.84 Å². The fraction of sp³-hybridized carbons (Fsp3) is 0.364. The van der Waals surface area contributed by atoms with Gasteiger partial charge in [-0.15, -0.1) is 0 Å². The van der Waals surface area contributed by atoms with Crippen LogP contribution >= 0.6 is 0 Å². The Balaban J connectivity index is 2.18. The Kier molecular flexibility index (Phi) is 2.50. The monoisotopic (exact) mass is 191 g/mol. The first-order chi connectivity index (χ1) is 6.77. The second-order valence-electron chi connectivity index (χ2n) is 3.41. The molecule has 3 heteroatoms. The number of aliphatic hydroxyl groups excluding tert-OH is 1. The van der Waals surface area contributed by atoms with Crippen LogP contribution in [0.5, 0.6) is 0 Å². The van der Waals surface area contributed by atoms with Crippen molar-refractivity contribution in [3.05, 3.63) is 41.4 Å². The first-order valence-electron chi connectivity index (χ1n) is 4.71. The number of hydrogen-bond acceptors (Lipinski definition) is 3. The Morgan fingerprint density at radius 2 is 2.36 bits per heavy atom. The number of nitrogens with zero attached hydrogens (tertiary/aromatic N) is 1. The highest BCUT2D eigenvalue weighted by Gasteiger charge is 2.18. The molecule has 1 aliphatic heterocycles. The predicted molar refractivity (Wildman–Crippen MR) is 52.6 cm³/mol. The van der Waals surface area contributed by atoms with Gasteiger partial charge in [0.2, 0.25) is 0 Å². The van der Waals surface area contributed by atoms with Gasteiger partial charge >= 0.3 is 0 Å². The highest BCUT2D eigenvalue weighted by molar-refractivity contribution is 5.20. The van der Waals surface area contributed by atoms with Crippen molar-refractivity contribution in [2.75, 3.05) is 6.61 Å². The van der Waals surface area contributed by atoms with E-state index >= 15 is 0 Å². The number of pyridine rings is 1. The number of aromatic nitrogens is 1. The standard InChI is InChI=1S/C11H13NO2/c1-8-4-5-9(12-7-8)11(13)10-3-2-6-14-10/h3-5,7,11,13H,2,6H2,1H3. The maximum absolute atomic E-state index is 9.86. The molecule has 1 unspecified atom stereocenters. The van der Waals surface area contributed by atoms with E-state index in [4.69, 9.17) is 4.74 Å². The van der Waals surface area contributed by atoms with Crippen molar-refractivity contribution in [2.45, 2.75) is 19.4 Å². The fourth-order valence-corrected chi connectivity index (χ4v) is 1.41. The molecule has 2 rings (SSSR count). The molecule has 0 spiro atoms. The zero-order chi connectivity index (χ0) is 9.97. The Labute approximate surface area is 83.1 Å². The maximum Gasteiger partial charge on any atom is 0.152 e. The molecule has 0 aromatic carbocycles. The normalized spacial score (nSPS) is 17.4. The number of ether oxygens (including phenoxy) is 1. The average molecular weight is 191 g/mol. The van der Waals surface area contributed by atoms with E-state index in [1.165, 1.54) is 0 Å². The van der Waals surface area contributed by atoms with Crippen molar-refractivity contribution >= 4 is 0 Å². The second-order valence-corrected chi connectivity index (χ2v) is 3.41.